The van der Waals surface area contributed by atoms with Gasteiger partial charge in [-0.15, -0.1) is 0 Å². The van der Waals surface area contributed by atoms with Crippen LogP contribution < -0.4 is 10.2 Å². The molecule has 0 saturated heterocycles. The highest BCUT2D eigenvalue weighted by molar-refractivity contribution is 5.98. The van der Waals surface area contributed by atoms with E-state index in [-0.39, 0.29) is 11.7 Å². The Bertz CT molecular complexity index is 884. The number of hydrogen-bond acceptors (Lipinski definition) is 4. The number of aromatic hydroxyl groups is 1. The summed E-state index contributed by atoms with van der Waals surface area (Å²) in [6.07, 6.45) is 1.39. The molecule has 6 heteroatoms. The molecule has 0 spiro atoms. The summed E-state index contributed by atoms with van der Waals surface area (Å²) in [5.41, 5.74) is 4.17. The number of hydrogen-bond donors (Lipinski definition) is 3. The smallest absolute Gasteiger partial charge is 0.287 e. The Labute approximate surface area is 132 Å². The predicted octanol–water partition coefficient (Wildman–Crippen LogP) is 2.65. The molecule has 1 heterocycles. The van der Waals surface area contributed by atoms with Crippen molar-refractivity contribution in [2.45, 2.75) is 0 Å². The van der Waals surface area contributed by atoms with Gasteiger partial charge in [0.05, 0.1) is 13.3 Å². The lowest BCUT2D eigenvalue weighted by Gasteiger charge is -1.98. The topological polar surface area (TPSA) is 86.7 Å². The first-order chi connectivity index (χ1) is 11.2. The highest BCUT2D eigenvalue weighted by Crippen LogP contribution is 2.21. The SMILES string of the molecule is COc1ccc2[nH]c(C(=O)N/N=C\c3ccccc3O)cc2c1. The number of carbonyl (C=O) groups is 1. The van der Waals surface area contributed by atoms with Gasteiger partial charge in [0.25, 0.3) is 5.91 Å². The first kappa shape index (κ1) is 14.6. The number of phenolic OH excluding ortho intramolecular Hbond substituents is 1. The third-order valence-corrected chi connectivity index (χ3v) is 3.38. The molecule has 0 aliphatic carbocycles. The zero-order valence-corrected chi connectivity index (χ0v) is 12.4. The minimum atomic E-state index is -0.369. The van der Waals surface area contributed by atoms with Crippen LogP contribution in [0.1, 0.15) is 16.1 Å². The van der Waals surface area contributed by atoms with E-state index in [1.54, 1.807) is 37.4 Å². The Morgan fingerprint density at radius 1 is 1.26 bits per heavy atom. The molecule has 23 heavy (non-hydrogen) atoms. The summed E-state index contributed by atoms with van der Waals surface area (Å²) in [5, 5.41) is 14.3. The third kappa shape index (κ3) is 3.16. The summed E-state index contributed by atoms with van der Waals surface area (Å²) in [6.45, 7) is 0. The number of carbonyl (C=O) groups excluding carboxylic acids is 1. The highest BCUT2D eigenvalue weighted by atomic mass is 16.5. The van der Waals surface area contributed by atoms with E-state index in [2.05, 4.69) is 15.5 Å². The number of methoxy groups -OCH3 is 1. The molecule has 3 N–H and O–H groups in total. The first-order valence-electron chi connectivity index (χ1n) is 6.95. The fourth-order valence-corrected chi connectivity index (χ4v) is 2.18. The molecular weight excluding hydrogens is 294 g/mol. The average molecular weight is 309 g/mol. The van der Waals surface area contributed by atoms with Crippen LogP contribution in [-0.4, -0.2) is 29.3 Å². The maximum absolute atomic E-state index is 12.1. The van der Waals surface area contributed by atoms with Gasteiger partial charge in [0.15, 0.2) is 0 Å². The van der Waals surface area contributed by atoms with E-state index in [9.17, 15) is 9.90 Å². The molecule has 0 unspecified atom stereocenters. The second kappa shape index (κ2) is 6.23. The molecule has 0 radical (unpaired) electrons. The molecule has 6 nitrogen and oxygen atoms in total. The van der Waals surface area contributed by atoms with E-state index in [0.29, 0.717) is 11.3 Å². The van der Waals surface area contributed by atoms with E-state index in [4.69, 9.17) is 4.74 Å². The number of phenols is 1. The van der Waals surface area contributed by atoms with Gasteiger partial charge >= 0.3 is 0 Å². The maximum Gasteiger partial charge on any atom is 0.287 e. The lowest BCUT2D eigenvalue weighted by Crippen LogP contribution is -2.17. The number of ether oxygens (including phenoxy) is 1. The number of para-hydroxylation sites is 1. The Kier molecular flexibility index (Phi) is 3.97. The van der Waals surface area contributed by atoms with Crippen molar-refractivity contribution in [3.05, 3.63) is 59.8 Å². The quantitative estimate of drug-likeness (QED) is 0.511. The number of fused-ring (bicyclic) bond motifs is 1. The number of hydrazone groups is 1. The van der Waals surface area contributed by atoms with Crippen LogP contribution in [0.4, 0.5) is 0 Å². The Morgan fingerprint density at radius 2 is 2.09 bits per heavy atom. The van der Waals surface area contributed by atoms with Crippen LogP contribution in [0.2, 0.25) is 0 Å². The number of nitrogens with zero attached hydrogens (tertiary/aromatic N) is 1. The normalized spacial score (nSPS) is 11.0. The number of benzene rings is 2. The molecule has 0 atom stereocenters. The molecule has 3 rings (SSSR count). The van der Waals surface area contributed by atoms with Crippen molar-refractivity contribution in [2.24, 2.45) is 5.10 Å². The number of aromatic amines is 1. The van der Waals surface area contributed by atoms with Crippen LogP contribution in [-0.2, 0) is 0 Å². The molecule has 0 aliphatic heterocycles. The molecule has 1 amide bonds. The molecule has 2 aromatic carbocycles. The van der Waals surface area contributed by atoms with Gasteiger partial charge in [-0.2, -0.15) is 5.10 Å². The number of H-pyrrole nitrogens is 1. The fraction of sp³-hybridized carbons (Fsp3) is 0.0588. The van der Waals surface area contributed by atoms with Crippen molar-refractivity contribution < 1.29 is 14.6 Å². The van der Waals surface area contributed by atoms with Crippen LogP contribution in [0.25, 0.3) is 10.9 Å². The van der Waals surface area contributed by atoms with E-state index < -0.39 is 0 Å². The molecule has 3 aromatic rings. The molecular formula is C17H15N3O3. The predicted molar refractivity (Wildman–Crippen MR) is 88.0 cm³/mol. The van der Waals surface area contributed by atoms with Gasteiger partial charge < -0.3 is 14.8 Å². The standard InChI is InChI=1S/C17H15N3O3/c1-23-13-6-7-14-12(8-13)9-15(19-14)17(22)20-18-10-11-4-2-3-5-16(11)21/h2-10,19,21H,1H3,(H,20,22)/b18-10-. The largest absolute Gasteiger partial charge is 0.507 e. The van der Waals surface area contributed by atoms with E-state index >= 15 is 0 Å². The first-order valence-corrected chi connectivity index (χ1v) is 6.95. The van der Waals surface area contributed by atoms with E-state index in [0.717, 1.165) is 16.7 Å². The minimum absolute atomic E-state index is 0.100. The number of aromatic nitrogens is 1. The summed E-state index contributed by atoms with van der Waals surface area (Å²) in [6, 6.07) is 14.0. The van der Waals surface area contributed by atoms with Gasteiger partial charge in [-0.1, -0.05) is 12.1 Å². The van der Waals surface area contributed by atoms with Gasteiger partial charge in [-0.25, -0.2) is 5.43 Å². The number of nitrogens with one attached hydrogen (secondary N) is 2. The summed E-state index contributed by atoms with van der Waals surface area (Å²) in [7, 11) is 1.59. The Balaban J connectivity index is 1.74. The number of rotatable bonds is 4. The summed E-state index contributed by atoms with van der Waals surface area (Å²) < 4.78 is 5.16. The van der Waals surface area contributed by atoms with Crippen molar-refractivity contribution in [3.63, 3.8) is 0 Å². The molecule has 0 fully saturated rings. The molecule has 1 aromatic heterocycles. The minimum Gasteiger partial charge on any atom is -0.507 e. The number of amides is 1. The van der Waals surface area contributed by atoms with Gasteiger partial charge in [0.2, 0.25) is 0 Å². The van der Waals surface area contributed by atoms with Crippen LogP contribution in [0.5, 0.6) is 11.5 Å². The second-order valence-corrected chi connectivity index (χ2v) is 4.89. The van der Waals surface area contributed by atoms with Crippen molar-refractivity contribution in [2.75, 3.05) is 7.11 Å². The van der Waals surface area contributed by atoms with Gasteiger partial charge in [-0.3, -0.25) is 4.79 Å². The van der Waals surface area contributed by atoms with E-state index in [1.165, 1.54) is 6.21 Å². The van der Waals surface area contributed by atoms with E-state index in [1.807, 2.05) is 18.2 Å². The van der Waals surface area contributed by atoms with Crippen molar-refractivity contribution in [1.82, 2.24) is 10.4 Å². The second-order valence-electron chi connectivity index (χ2n) is 4.89. The summed E-state index contributed by atoms with van der Waals surface area (Å²) in [5.74, 6) is 0.455. The molecule has 0 bridgehead atoms. The average Bonchev–Trinajstić information content (AvgIpc) is 2.99. The van der Waals surface area contributed by atoms with Gasteiger partial charge in [0.1, 0.15) is 17.2 Å². The fourth-order valence-electron chi connectivity index (χ4n) is 2.18. The summed E-state index contributed by atoms with van der Waals surface area (Å²) >= 11 is 0. The lowest BCUT2D eigenvalue weighted by atomic mass is 10.2. The molecule has 0 saturated carbocycles. The van der Waals surface area contributed by atoms with Crippen LogP contribution in [0.15, 0.2) is 53.6 Å². The summed E-state index contributed by atoms with van der Waals surface area (Å²) in [4.78, 5) is 15.1. The Morgan fingerprint density at radius 3 is 2.87 bits per heavy atom. The monoisotopic (exact) mass is 309 g/mol. The van der Waals surface area contributed by atoms with Gasteiger partial charge in [0, 0.05) is 16.5 Å². The third-order valence-electron chi connectivity index (χ3n) is 3.38. The van der Waals surface area contributed by atoms with Gasteiger partial charge in [-0.05, 0) is 36.4 Å². The highest BCUT2D eigenvalue weighted by Gasteiger charge is 2.09. The lowest BCUT2D eigenvalue weighted by molar-refractivity contribution is 0.0951. The van der Waals surface area contributed by atoms with Crippen LogP contribution >= 0.6 is 0 Å². The van der Waals surface area contributed by atoms with Crippen LogP contribution in [0, 0.1) is 0 Å². The zero-order valence-electron chi connectivity index (χ0n) is 12.4. The maximum atomic E-state index is 12.1. The van der Waals surface area contributed by atoms with Crippen LogP contribution in [0.3, 0.4) is 0 Å². The van der Waals surface area contributed by atoms with Crippen molar-refractivity contribution in [3.8, 4) is 11.5 Å². The molecule has 116 valence electrons. The van der Waals surface area contributed by atoms with Crippen molar-refractivity contribution in [1.29, 1.82) is 0 Å². The molecule has 0 aliphatic rings. The Hall–Kier alpha value is -3.28. The zero-order chi connectivity index (χ0) is 16.2. The van der Waals surface area contributed by atoms with Crippen molar-refractivity contribution >= 4 is 23.0 Å².